The first-order chi connectivity index (χ1) is 14.2. The largest absolute Gasteiger partial charge is 0.488 e. The Morgan fingerprint density at radius 3 is 2.77 bits per heavy atom. The van der Waals surface area contributed by atoms with Crippen molar-refractivity contribution in [1.29, 1.82) is 0 Å². The summed E-state index contributed by atoms with van der Waals surface area (Å²) in [5.74, 6) is -0.276. The second-order valence-corrected chi connectivity index (χ2v) is 7.54. The minimum atomic E-state index is -1.15. The SMILES string of the molecule is CC(=O)Nc1cc2c(cn1)COc1c-2ccc(OCC(CC(C)C)NC(=O)O)c1F. The van der Waals surface area contributed by atoms with Crippen molar-refractivity contribution >= 4 is 17.8 Å². The van der Waals surface area contributed by atoms with Gasteiger partial charge in [-0.3, -0.25) is 4.79 Å². The molecule has 2 heterocycles. The number of benzene rings is 1. The van der Waals surface area contributed by atoms with Crippen LogP contribution in [0.3, 0.4) is 0 Å². The first-order valence-corrected chi connectivity index (χ1v) is 9.59. The Labute approximate surface area is 173 Å². The van der Waals surface area contributed by atoms with Gasteiger partial charge in [0.2, 0.25) is 11.7 Å². The standard InChI is InChI=1S/C21H24FN3O5/c1-11(2)6-14(25-21(27)28)10-29-17-5-4-15-16-7-18(24-12(3)26)23-8-13(16)9-30-20(15)19(17)22/h4-5,7-8,11,14,25H,6,9-10H2,1-3H3,(H,27,28)(H,23,24,26). The number of hydrogen-bond donors (Lipinski definition) is 3. The van der Waals surface area contributed by atoms with Gasteiger partial charge in [-0.2, -0.15) is 4.39 Å². The molecule has 30 heavy (non-hydrogen) atoms. The average Bonchev–Trinajstić information content (AvgIpc) is 2.65. The van der Waals surface area contributed by atoms with E-state index in [1.807, 2.05) is 13.8 Å². The first-order valence-electron chi connectivity index (χ1n) is 9.59. The summed E-state index contributed by atoms with van der Waals surface area (Å²) in [5, 5.41) is 14.0. The van der Waals surface area contributed by atoms with E-state index >= 15 is 4.39 Å². The Morgan fingerprint density at radius 2 is 2.10 bits per heavy atom. The number of anilines is 1. The fraction of sp³-hybridized carbons (Fsp3) is 0.381. The Morgan fingerprint density at radius 1 is 1.33 bits per heavy atom. The number of amides is 2. The summed E-state index contributed by atoms with van der Waals surface area (Å²) in [4.78, 5) is 26.4. The molecule has 1 aromatic heterocycles. The van der Waals surface area contributed by atoms with E-state index in [1.165, 1.54) is 13.0 Å². The van der Waals surface area contributed by atoms with Crippen molar-refractivity contribution in [3.63, 3.8) is 0 Å². The number of aromatic nitrogens is 1. The second-order valence-electron chi connectivity index (χ2n) is 7.54. The number of nitrogens with zero attached hydrogens (tertiary/aromatic N) is 1. The molecule has 0 saturated carbocycles. The molecule has 0 bridgehead atoms. The molecule has 0 radical (unpaired) electrons. The summed E-state index contributed by atoms with van der Waals surface area (Å²) < 4.78 is 26.2. The van der Waals surface area contributed by atoms with E-state index in [2.05, 4.69) is 15.6 Å². The van der Waals surface area contributed by atoms with Crippen LogP contribution in [0.25, 0.3) is 11.1 Å². The van der Waals surface area contributed by atoms with Gasteiger partial charge in [-0.15, -0.1) is 0 Å². The molecule has 2 amide bonds. The lowest BCUT2D eigenvalue weighted by atomic mass is 9.98. The van der Waals surface area contributed by atoms with Gasteiger partial charge in [0.25, 0.3) is 0 Å². The predicted molar refractivity (Wildman–Crippen MR) is 108 cm³/mol. The van der Waals surface area contributed by atoms with Crippen LogP contribution in [0.2, 0.25) is 0 Å². The maximum atomic E-state index is 15.1. The zero-order valence-electron chi connectivity index (χ0n) is 17.0. The fourth-order valence-electron chi connectivity index (χ4n) is 3.35. The number of halogens is 1. The molecular weight excluding hydrogens is 393 g/mol. The van der Waals surface area contributed by atoms with E-state index < -0.39 is 18.0 Å². The number of hydrogen-bond acceptors (Lipinski definition) is 5. The van der Waals surface area contributed by atoms with Crippen molar-refractivity contribution in [3.05, 3.63) is 35.8 Å². The Hall–Kier alpha value is -3.36. The minimum absolute atomic E-state index is 0.00657. The number of fused-ring (bicyclic) bond motifs is 3. The quantitative estimate of drug-likeness (QED) is 0.632. The van der Waals surface area contributed by atoms with Gasteiger partial charge in [0, 0.05) is 24.2 Å². The highest BCUT2D eigenvalue weighted by atomic mass is 19.1. The van der Waals surface area contributed by atoms with Crippen molar-refractivity contribution in [2.75, 3.05) is 11.9 Å². The summed E-state index contributed by atoms with van der Waals surface area (Å²) >= 11 is 0. The molecule has 1 unspecified atom stereocenters. The highest BCUT2D eigenvalue weighted by molar-refractivity contribution is 5.89. The van der Waals surface area contributed by atoms with Crippen molar-refractivity contribution in [2.45, 2.75) is 39.8 Å². The van der Waals surface area contributed by atoms with Gasteiger partial charge >= 0.3 is 6.09 Å². The molecule has 3 N–H and O–H groups in total. The summed E-state index contributed by atoms with van der Waals surface area (Å²) in [6.45, 7) is 5.43. The number of ether oxygens (including phenoxy) is 2. The van der Waals surface area contributed by atoms with Gasteiger partial charge in [0.05, 0.1) is 6.04 Å². The molecule has 8 nitrogen and oxygen atoms in total. The summed E-state index contributed by atoms with van der Waals surface area (Å²) in [6.07, 6.45) is 0.986. The zero-order chi connectivity index (χ0) is 21.8. The van der Waals surface area contributed by atoms with Crippen molar-refractivity contribution < 1.29 is 28.6 Å². The van der Waals surface area contributed by atoms with E-state index in [0.717, 1.165) is 5.56 Å². The molecule has 0 spiro atoms. The van der Waals surface area contributed by atoms with Crippen LogP contribution in [0.15, 0.2) is 24.4 Å². The van der Waals surface area contributed by atoms with Gasteiger partial charge in [-0.25, -0.2) is 9.78 Å². The summed E-state index contributed by atoms with van der Waals surface area (Å²) in [6, 6.07) is 4.36. The molecule has 1 aliphatic rings. The monoisotopic (exact) mass is 417 g/mol. The molecule has 3 rings (SSSR count). The molecule has 9 heteroatoms. The Kier molecular flexibility index (Phi) is 6.39. The number of nitrogens with one attached hydrogen (secondary N) is 2. The normalized spacial score (nSPS) is 13.0. The molecule has 1 aliphatic heterocycles. The second kappa shape index (κ2) is 8.98. The highest BCUT2D eigenvalue weighted by Gasteiger charge is 2.25. The minimum Gasteiger partial charge on any atom is -0.488 e. The average molecular weight is 417 g/mol. The van der Waals surface area contributed by atoms with Gasteiger partial charge in [0.1, 0.15) is 19.0 Å². The predicted octanol–water partition coefficient (Wildman–Crippen LogP) is 3.80. The third kappa shape index (κ3) is 4.97. The molecule has 0 aliphatic carbocycles. The van der Waals surface area contributed by atoms with E-state index in [0.29, 0.717) is 23.4 Å². The van der Waals surface area contributed by atoms with Crippen molar-refractivity contribution in [3.8, 4) is 22.6 Å². The van der Waals surface area contributed by atoms with Crippen LogP contribution in [0, 0.1) is 11.7 Å². The lowest BCUT2D eigenvalue weighted by molar-refractivity contribution is -0.114. The zero-order valence-corrected chi connectivity index (χ0v) is 17.0. The van der Waals surface area contributed by atoms with Crippen LogP contribution in [-0.2, 0) is 11.4 Å². The van der Waals surface area contributed by atoms with Crippen LogP contribution in [0.5, 0.6) is 11.5 Å². The van der Waals surface area contributed by atoms with Crippen LogP contribution in [-0.4, -0.2) is 34.7 Å². The maximum Gasteiger partial charge on any atom is 0.404 e. The van der Waals surface area contributed by atoms with E-state index in [1.54, 1.807) is 18.3 Å². The van der Waals surface area contributed by atoms with Gasteiger partial charge in [-0.1, -0.05) is 13.8 Å². The van der Waals surface area contributed by atoms with E-state index in [9.17, 15) is 9.59 Å². The third-order valence-corrected chi connectivity index (χ3v) is 4.54. The molecule has 2 aromatic rings. The van der Waals surface area contributed by atoms with E-state index in [4.69, 9.17) is 14.6 Å². The fourth-order valence-corrected chi connectivity index (χ4v) is 3.35. The number of carboxylic acid groups (broad SMARTS) is 1. The number of pyridine rings is 1. The molecular formula is C21H24FN3O5. The molecule has 1 aromatic carbocycles. The maximum absolute atomic E-state index is 15.1. The third-order valence-electron chi connectivity index (χ3n) is 4.54. The lowest BCUT2D eigenvalue weighted by Gasteiger charge is -2.23. The number of carbonyl (C=O) groups is 2. The van der Waals surface area contributed by atoms with Gasteiger partial charge < -0.3 is 25.2 Å². The topological polar surface area (TPSA) is 110 Å². The van der Waals surface area contributed by atoms with Crippen LogP contribution >= 0.6 is 0 Å². The van der Waals surface area contributed by atoms with E-state index in [-0.39, 0.29) is 36.5 Å². The van der Waals surface area contributed by atoms with Crippen molar-refractivity contribution in [2.24, 2.45) is 5.92 Å². The van der Waals surface area contributed by atoms with Crippen LogP contribution < -0.4 is 20.1 Å². The lowest BCUT2D eigenvalue weighted by Crippen LogP contribution is -2.39. The van der Waals surface area contributed by atoms with Gasteiger partial charge in [-0.05, 0) is 36.1 Å². The number of carbonyl (C=O) groups excluding carboxylic acids is 1. The van der Waals surface area contributed by atoms with Crippen molar-refractivity contribution in [1.82, 2.24) is 10.3 Å². The molecule has 160 valence electrons. The summed E-state index contributed by atoms with van der Waals surface area (Å²) in [5.41, 5.74) is 2.01. The Bertz CT molecular complexity index is 964. The first kappa shape index (κ1) is 21.4. The summed E-state index contributed by atoms with van der Waals surface area (Å²) in [7, 11) is 0. The molecule has 0 saturated heterocycles. The van der Waals surface area contributed by atoms with Crippen LogP contribution in [0.4, 0.5) is 15.0 Å². The van der Waals surface area contributed by atoms with Gasteiger partial charge in [0.15, 0.2) is 11.5 Å². The molecule has 0 fully saturated rings. The Balaban J connectivity index is 1.83. The highest BCUT2D eigenvalue weighted by Crippen LogP contribution is 2.42. The van der Waals surface area contributed by atoms with Crippen LogP contribution in [0.1, 0.15) is 32.8 Å². The molecule has 1 atom stereocenters. The smallest absolute Gasteiger partial charge is 0.404 e. The number of rotatable bonds is 7.